The summed E-state index contributed by atoms with van der Waals surface area (Å²) >= 11 is 4.58. The highest BCUT2D eigenvalue weighted by Crippen LogP contribution is 2.22. The molecule has 0 fully saturated rings. The lowest BCUT2D eigenvalue weighted by Crippen LogP contribution is -2.43. The molecule has 2 heterocycles. The third kappa shape index (κ3) is 3.45. The van der Waals surface area contributed by atoms with E-state index in [9.17, 15) is 9.59 Å². The van der Waals surface area contributed by atoms with Crippen molar-refractivity contribution < 1.29 is 14.3 Å². The normalized spacial score (nSPS) is 11.9. The quantitative estimate of drug-likeness (QED) is 0.798. The number of aromatic nitrogens is 2. The first-order valence-corrected chi connectivity index (χ1v) is 7.38. The van der Waals surface area contributed by atoms with Gasteiger partial charge in [-0.15, -0.1) is 11.3 Å². The molecule has 2 aromatic heterocycles. The Hall–Kier alpha value is -1.67. The van der Waals surface area contributed by atoms with E-state index in [0.717, 1.165) is 5.69 Å². The van der Waals surface area contributed by atoms with Crippen LogP contribution in [0, 0.1) is 0 Å². The van der Waals surface area contributed by atoms with Gasteiger partial charge in [-0.25, -0.2) is 9.78 Å². The molecule has 106 valence electrons. The van der Waals surface area contributed by atoms with Crippen molar-refractivity contribution in [1.29, 1.82) is 0 Å². The summed E-state index contributed by atoms with van der Waals surface area (Å²) in [6, 6.07) is 1.02. The minimum Gasteiger partial charge on any atom is -0.467 e. The number of esters is 1. The Bertz CT molecular complexity index is 597. The van der Waals surface area contributed by atoms with Gasteiger partial charge in [0, 0.05) is 22.8 Å². The first-order valence-electron chi connectivity index (χ1n) is 5.70. The van der Waals surface area contributed by atoms with E-state index in [2.05, 4.69) is 31.2 Å². The summed E-state index contributed by atoms with van der Waals surface area (Å²) in [4.78, 5) is 31.2. The van der Waals surface area contributed by atoms with Gasteiger partial charge in [0.25, 0.3) is 5.91 Å². The SMILES string of the molecule is COC(=O)[C@H](Cc1cnc[nH]1)NC(=O)c1sccc1Br. The number of halogens is 1. The van der Waals surface area contributed by atoms with E-state index >= 15 is 0 Å². The molecule has 0 radical (unpaired) electrons. The number of carbonyl (C=O) groups excluding carboxylic acids is 2. The minimum absolute atomic E-state index is 0.293. The van der Waals surface area contributed by atoms with Crippen LogP contribution in [0.1, 0.15) is 15.4 Å². The number of H-pyrrole nitrogens is 1. The lowest BCUT2D eigenvalue weighted by atomic mass is 10.1. The van der Waals surface area contributed by atoms with Crippen LogP contribution < -0.4 is 5.32 Å². The van der Waals surface area contributed by atoms with Gasteiger partial charge >= 0.3 is 5.97 Å². The van der Waals surface area contributed by atoms with Crippen molar-refractivity contribution in [3.63, 3.8) is 0 Å². The van der Waals surface area contributed by atoms with Crippen molar-refractivity contribution in [3.8, 4) is 0 Å². The van der Waals surface area contributed by atoms with E-state index in [4.69, 9.17) is 4.74 Å². The van der Waals surface area contributed by atoms with E-state index in [1.165, 1.54) is 24.8 Å². The molecule has 20 heavy (non-hydrogen) atoms. The van der Waals surface area contributed by atoms with Crippen LogP contribution in [0.3, 0.4) is 0 Å². The van der Waals surface area contributed by atoms with Gasteiger partial charge in [-0.1, -0.05) is 0 Å². The lowest BCUT2D eigenvalue weighted by molar-refractivity contribution is -0.142. The number of methoxy groups -OCH3 is 1. The van der Waals surface area contributed by atoms with Gasteiger partial charge in [-0.2, -0.15) is 0 Å². The zero-order valence-corrected chi connectivity index (χ0v) is 13.0. The van der Waals surface area contributed by atoms with Crippen molar-refractivity contribution in [2.24, 2.45) is 0 Å². The van der Waals surface area contributed by atoms with Crippen molar-refractivity contribution in [1.82, 2.24) is 15.3 Å². The molecule has 0 aliphatic heterocycles. The molecule has 8 heteroatoms. The average Bonchev–Trinajstić information content (AvgIpc) is 3.08. The van der Waals surface area contributed by atoms with E-state index in [0.29, 0.717) is 15.8 Å². The van der Waals surface area contributed by atoms with Gasteiger partial charge in [0.05, 0.1) is 13.4 Å². The number of ether oxygens (including phenoxy) is 1. The van der Waals surface area contributed by atoms with Crippen LogP contribution in [0.25, 0.3) is 0 Å². The number of amides is 1. The molecule has 0 aromatic carbocycles. The van der Waals surface area contributed by atoms with Crippen LogP contribution in [0.15, 0.2) is 28.4 Å². The summed E-state index contributed by atoms with van der Waals surface area (Å²) in [5.74, 6) is -0.817. The summed E-state index contributed by atoms with van der Waals surface area (Å²) < 4.78 is 5.41. The van der Waals surface area contributed by atoms with Gasteiger partial charge in [-0.05, 0) is 27.4 Å². The predicted octanol–water partition coefficient (Wildman–Crippen LogP) is 1.75. The molecular formula is C12H12BrN3O3S. The summed E-state index contributed by atoms with van der Waals surface area (Å²) in [5.41, 5.74) is 0.742. The fraction of sp³-hybridized carbons (Fsp3) is 0.250. The lowest BCUT2D eigenvalue weighted by Gasteiger charge is -2.15. The van der Waals surface area contributed by atoms with Gasteiger partial charge in [0.2, 0.25) is 0 Å². The second-order valence-electron chi connectivity index (χ2n) is 3.93. The molecule has 1 atom stereocenters. The standard InChI is InChI=1S/C12H12BrN3O3S/c1-19-12(18)9(4-7-5-14-6-15-7)16-11(17)10-8(13)2-3-20-10/h2-3,5-6,9H,4H2,1H3,(H,14,15)(H,16,17)/t9-/m0/s1. The van der Waals surface area contributed by atoms with Crippen LogP contribution in [0.2, 0.25) is 0 Å². The summed E-state index contributed by atoms with van der Waals surface area (Å²) in [5, 5.41) is 4.46. The molecule has 0 bridgehead atoms. The van der Waals surface area contributed by atoms with E-state index in [1.54, 1.807) is 17.6 Å². The second kappa shape index (κ2) is 6.67. The molecule has 0 saturated carbocycles. The number of nitrogens with zero attached hydrogens (tertiary/aromatic N) is 1. The van der Waals surface area contributed by atoms with Crippen molar-refractivity contribution in [2.75, 3.05) is 7.11 Å². The summed E-state index contributed by atoms with van der Waals surface area (Å²) in [7, 11) is 1.29. The van der Waals surface area contributed by atoms with E-state index < -0.39 is 12.0 Å². The van der Waals surface area contributed by atoms with Gasteiger partial charge in [0.15, 0.2) is 0 Å². The minimum atomic E-state index is -0.762. The van der Waals surface area contributed by atoms with Gasteiger partial charge < -0.3 is 15.0 Å². The fourth-order valence-electron chi connectivity index (χ4n) is 1.63. The Kier molecular flexibility index (Phi) is 4.91. The van der Waals surface area contributed by atoms with Crippen LogP contribution in [-0.2, 0) is 16.0 Å². The summed E-state index contributed by atoms with van der Waals surface area (Å²) in [6.45, 7) is 0. The Balaban J connectivity index is 2.10. The van der Waals surface area contributed by atoms with Crippen LogP contribution >= 0.6 is 27.3 Å². The highest BCUT2D eigenvalue weighted by atomic mass is 79.9. The Morgan fingerprint density at radius 2 is 2.40 bits per heavy atom. The molecule has 1 amide bonds. The molecule has 6 nitrogen and oxygen atoms in total. The number of carbonyl (C=O) groups is 2. The number of thiophene rings is 1. The van der Waals surface area contributed by atoms with Crippen molar-refractivity contribution in [3.05, 3.63) is 39.0 Å². The van der Waals surface area contributed by atoms with E-state index in [1.807, 2.05) is 0 Å². The van der Waals surface area contributed by atoms with Gasteiger partial charge in [-0.3, -0.25) is 4.79 Å². The molecule has 0 saturated heterocycles. The molecule has 0 unspecified atom stereocenters. The van der Waals surface area contributed by atoms with Crippen molar-refractivity contribution >= 4 is 39.1 Å². The molecule has 2 aromatic rings. The summed E-state index contributed by atoms with van der Waals surface area (Å²) in [6.07, 6.45) is 3.41. The Morgan fingerprint density at radius 1 is 1.60 bits per heavy atom. The first kappa shape index (κ1) is 14.7. The predicted molar refractivity (Wildman–Crippen MR) is 77.6 cm³/mol. The first-order chi connectivity index (χ1) is 9.61. The number of rotatable bonds is 5. The topological polar surface area (TPSA) is 84.1 Å². The molecule has 0 aliphatic carbocycles. The number of imidazole rings is 1. The molecule has 0 aliphatic rings. The third-order valence-electron chi connectivity index (χ3n) is 2.59. The number of hydrogen-bond donors (Lipinski definition) is 2. The maximum atomic E-state index is 12.1. The zero-order valence-electron chi connectivity index (χ0n) is 10.6. The molecule has 0 spiro atoms. The highest BCUT2D eigenvalue weighted by Gasteiger charge is 2.24. The largest absolute Gasteiger partial charge is 0.467 e. The van der Waals surface area contributed by atoms with Crippen LogP contribution in [0.5, 0.6) is 0 Å². The Morgan fingerprint density at radius 3 is 2.95 bits per heavy atom. The van der Waals surface area contributed by atoms with E-state index in [-0.39, 0.29) is 5.91 Å². The number of hydrogen-bond acceptors (Lipinski definition) is 5. The van der Waals surface area contributed by atoms with Crippen LogP contribution in [0.4, 0.5) is 0 Å². The highest BCUT2D eigenvalue weighted by molar-refractivity contribution is 9.10. The molecule has 2 N–H and O–H groups in total. The zero-order chi connectivity index (χ0) is 14.5. The maximum absolute atomic E-state index is 12.1. The van der Waals surface area contributed by atoms with Crippen molar-refractivity contribution in [2.45, 2.75) is 12.5 Å². The molecular weight excluding hydrogens is 346 g/mol. The van der Waals surface area contributed by atoms with Crippen LogP contribution in [-0.4, -0.2) is 35.0 Å². The molecule has 2 rings (SSSR count). The third-order valence-corrected chi connectivity index (χ3v) is 4.43. The number of aromatic amines is 1. The smallest absolute Gasteiger partial charge is 0.328 e. The average molecular weight is 358 g/mol. The fourth-order valence-corrected chi connectivity index (χ4v) is 3.09. The van der Waals surface area contributed by atoms with Gasteiger partial charge in [0.1, 0.15) is 10.9 Å². The monoisotopic (exact) mass is 357 g/mol. The second-order valence-corrected chi connectivity index (χ2v) is 5.70. The number of nitrogens with one attached hydrogen (secondary N) is 2. The Labute approximate surface area is 127 Å². The maximum Gasteiger partial charge on any atom is 0.328 e.